The standard InChI is InChI=1S/C18H16O5/c1-22-17-9-11(5-8-14(17)20)3-2-4-15-18(21)13-7-6-12(19)10-16(13)23-15/h2-3,5-10,15,19-20H,4H2,1H3/b3-2+. The van der Waals surface area contributed by atoms with E-state index in [1.165, 1.54) is 19.2 Å². The highest BCUT2D eigenvalue weighted by atomic mass is 16.5. The molecule has 0 spiro atoms. The van der Waals surface area contributed by atoms with Crippen LogP contribution in [-0.4, -0.2) is 29.2 Å². The van der Waals surface area contributed by atoms with E-state index in [2.05, 4.69) is 0 Å². The Morgan fingerprint density at radius 2 is 2.04 bits per heavy atom. The molecule has 118 valence electrons. The molecule has 0 saturated carbocycles. The predicted octanol–water partition coefficient (Wildman–Crippen LogP) is 3.15. The van der Waals surface area contributed by atoms with Gasteiger partial charge in [-0.05, 0) is 29.8 Å². The van der Waals surface area contributed by atoms with Gasteiger partial charge in [0.25, 0.3) is 0 Å². The van der Waals surface area contributed by atoms with Crippen LogP contribution in [0.15, 0.2) is 42.5 Å². The minimum atomic E-state index is -0.581. The van der Waals surface area contributed by atoms with Crippen LogP contribution in [-0.2, 0) is 0 Å². The first kappa shape index (κ1) is 15.0. The molecule has 1 unspecified atom stereocenters. The van der Waals surface area contributed by atoms with Crippen molar-refractivity contribution in [2.75, 3.05) is 7.11 Å². The summed E-state index contributed by atoms with van der Waals surface area (Å²) in [7, 11) is 1.49. The maximum Gasteiger partial charge on any atom is 0.207 e. The van der Waals surface area contributed by atoms with Gasteiger partial charge >= 0.3 is 0 Å². The molecule has 2 aromatic rings. The van der Waals surface area contributed by atoms with Crippen molar-refractivity contribution in [2.24, 2.45) is 0 Å². The number of phenols is 2. The quantitative estimate of drug-likeness (QED) is 0.907. The number of Topliss-reactive ketones (excluding diaryl/α,β-unsaturated/α-hetero) is 1. The number of fused-ring (bicyclic) bond motifs is 1. The van der Waals surface area contributed by atoms with Crippen LogP contribution < -0.4 is 9.47 Å². The lowest BCUT2D eigenvalue weighted by Gasteiger charge is -2.06. The number of phenolic OH excluding ortho intramolecular Hbond substituents is 2. The molecule has 2 aromatic carbocycles. The Bertz CT molecular complexity index is 779. The van der Waals surface area contributed by atoms with Crippen molar-refractivity contribution in [1.29, 1.82) is 0 Å². The van der Waals surface area contributed by atoms with Crippen molar-refractivity contribution in [3.8, 4) is 23.0 Å². The molecule has 23 heavy (non-hydrogen) atoms. The minimum Gasteiger partial charge on any atom is -0.508 e. The van der Waals surface area contributed by atoms with Crippen molar-refractivity contribution in [2.45, 2.75) is 12.5 Å². The maximum atomic E-state index is 12.2. The third kappa shape index (κ3) is 2.99. The fraction of sp³-hybridized carbons (Fsp3) is 0.167. The monoisotopic (exact) mass is 312 g/mol. The van der Waals surface area contributed by atoms with E-state index >= 15 is 0 Å². The number of rotatable bonds is 4. The van der Waals surface area contributed by atoms with Gasteiger partial charge in [-0.25, -0.2) is 0 Å². The van der Waals surface area contributed by atoms with E-state index in [-0.39, 0.29) is 17.3 Å². The average Bonchev–Trinajstić information content (AvgIpc) is 2.84. The minimum absolute atomic E-state index is 0.0731. The van der Waals surface area contributed by atoms with E-state index < -0.39 is 6.10 Å². The van der Waals surface area contributed by atoms with E-state index in [0.29, 0.717) is 23.5 Å². The lowest BCUT2D eigenvalue weighted by atomic mass is 10.1. The first-order valence-electron chi connectivity index (χ1n) is 7.16. The Balaban J connectivity index is 1.69. The molecule has 0 saturated heterocycles. The molecule has 0 aromatic heterocycles. The van der Waals surface area contributed by atoms with Crippen molar-refractivity contribution in [3.63, 3.8) is 0 Å². The van der Waals surface area contributed by atoms with Crippen molar-refractivity contribution < 1.29 is 24.5 Å². The third-order valence-electron chi connectivity index (χ3n) is 3.66. The Kier molecular flexibility index (Phi) is 3.93. The molecule has 0 amide bonds. The molecule has 2 N–H and O–H groups in total. The topological polar surface area (TPSA) is 76.0 Å². The van der Waals surface area contributed by atoms with Gasteiger partial charge in [0, 0.05) is 12.5 Å². The summed E-state index contributed by atoms with van der Waals surface area (Å²) in [5.41, 5.74) is 1.34. The molecule has 5 heteroatoms. The van der Waals surface area contributed by atoms with Gasteiger partial charge in [0.1, 0.15) is 11.5 Å². The smallest absolute Gasteiger partial charge is 0.207 e. The predicted molar refractivity (Wildman–Crippen MR) is 85.2 cm³/mol. The maximum absolute atomic E-state index is 12.2. The number of carbonyl (C=O) groups excluding carboxylic acids is 1. The highest BCUT2D eigenvalue weighted by molar-refractivity contribution is 6.04. The van der Waals surface area contributed by atoms with E-state index in [1.807, 2.05) is 12.2 Å². The molecule has 1 aliphatic heterocycles. The summed E-state index contributed by atoms with van der Waals surface area (Å²) < 4.78 is 10.6. The number of methoxy groups -OCH3 is 1. The molecule has 0 radical (unpaired) electrons. The van der Waals surface area contributed by atoms with E-state index in [9.17, 15) is 15.0 Å². The van der Waals surface area contributed by atoms with Crippen LogP contribution >= 0.6 is 0 Å². The number of ketones is 1. The lowest BCUT2D eigenvalue weighted by molar-refractivity contribution is 0.0861. The fourth-order valence-corrected chi connectivity index (χ4v) is 2.47. The zero-order valence-electron chi connectivity index (χ0n) is 12.5. The average molecular weight is 312 g/mol. The summed E-state index contributed by atoms with van der Waals surface area (Å²) in [6, 6.07) is 9.49. The number of aromatic hydroxyl groups is 2. The largest absolute Gasteiger partial charge is 0.508 e. The van der Waals surface area contributed by atoms with Crippen LogP contribution in [0.3, 0.4) is 0 Å². The summed E-state index contributed by atoms with van der Waals surface area (Å²) in [6.07, 6.45) is 3.50. The van der Waals surface area contributed by atoms with Gasteiger partial charge in [-0.3, -0.25) is 4.79 Å². The summed E-state index contributed by atoms with van der Waals surface area (Å²) in [6.45, 7) is 0. The van der Waals surface area contributed by atoms with Crippen LogP contribution in [0.1, 0.15) is 22.3 Å². The van der Waals surface area contributed by atoms with Crippen molar-refractivity contribution in [1.82, 2.24) is 0 Å². The van der Waals surface area contributed by atoms with Crippen LogP contribution in [0, 0.1) is 0 Å². The zero-order valence-corrected chi connectivity index (χ0v) is 12.5. The summed E-state index contributed by atoms with van der Waals surface area (Å²) in [5, 5.41) is 19.0. The van der Waals surface area contributed by atoms with Gasteiger partial charge in [-0.1, -0.05) is 18.2 Å². The second kappa shape index (κ2) is 6.04. The Labute approximate surface area is 133 Å². The fourth-order valence-electron chi connectivity index (χ4n) is 2.47. The zero-order chi connectivity index (χ0) is 16.4. The van der Waals surface area contributed by atoms with Gasteiger partial charge in [-0.15, -0.1) is 0 Å². The second-order valence-corrected chi connectivity index (χ2v) is 5.22. The highest BCUT2D eigenvalue weighted by Crippen LogP contribution is 2.33. The van der Waals surface area contributed by atoms with Crippen LogP contribution in [0.5, 0.6) is 23.0 Å². The molecule has 0 fully saturated rings. The lowest BCUT2D eigenvalue weighted by Crippen LogP contribution is -2.19. The second-order valence-electron chi connectivity index (χ2n) is 5.22. The molecule has 1 atom stereocenters. The molecule has 1 aliphatic rings. The van der Waals surface area contributed by atoms with Crippen molar-refractivity contribution in [3.05, 3.63) is 53.6 Å². The van der Waals surface area contributed by atoms with E-state index in [0.717, 1.165) is 5.56 Å². The number of benzene rings is 2. The van der Waals surface area contributed by atoms with Crippen LogP contribution in [0.4, 0.5) is 0 Å². The van der Waals surface area contributed by atoms with Gasteiger partial charge in [0.05, 0.1) is 12.7 Å². The van der Waals surface area contributed by atoms with Gasteiger partial charge in [0.2, 0.25) is 5.78 Å². The highest BCUT2D eigenvalue weighted by Gasteiger charge is 2.31. The molecule has 0 bridgehead atoms. The van der Waals surface area contributed by atoms with Crippen LogP contribution in [0.2, 0.25) is 0 Å². The van der Waals surface area contributed by atoms with Crippen LogP contribution in [0.25, 0.3) is 6.08 Å². The number of hydrogen-bond acceptors (Lipinski definition) is 5. The summed E-state index contributed by atoms with van der Waals surface area (Å²) in [4.78, 5) is 12.2. The van der Waals surface area contributed by atoms with Crippen molar-refractivity contribution >= 4 is 11.9 Å². The first-order valence-corrected chi connectivity index (χ1v) is 7.16. The normalized spacial score (nSPS) is 16.4. The van der Waals surface area contributed by atoms with Gasteiger partial charge < -0.3 is 19.7 Å². The molecule has 0 aliphatic carbocycles. The SMILES string of the molecule is COc1cc(/C=C/CC2Oc3cc(O)ccc3C2=O)ccc1O. The van der Waals surface area contributed by atoms with Gasteiger partial charge in [0.15, 0.2) is 17.6 Å². The molecule has 3 rings (SSSR count). The first-order chi connectivity index (χ1) is 11.1. The number of ether oxygens (including phenoxy) is 2. The summed E-state index contributed by atoms with van der Waals surface area (Å²) in [5.74, 6) is 0.869. The molecular weight excluding hydrogens is 296 g/mol. The Hall–Kier alpha value is -2.95. The van der Waals surface area contributed by atoms with Gasteiger partial charge in [-0.2, -0.15) is 0 Å². The van der Waals surface area contributed by atoms with E-state index in [4.69, 9.17) is 9.47 Å². The Morgan fingerprint density at radius 1 is 1.22 bits per heavy atom. The molecule has 1 heterocycles. The molecular formula is C18H16O5. The van der Waals surface area contributed by atoms with E-state index in [1.54, 1.807) is 24.3 Å². The number of carbonyl (C=O) groups is 1. The Morgan fingerprint density at radius 3 is 2.83 bits per heavy atom. The summed E-state index contributed by atoms with van der Waals surface area (Å²) >= 11 is 0. The number of hydrogen-bond donors (Lipinski definition) is 2. The third-order valence-corrected chi connectivity index (χ3v) is 3.66. The molecule has 5 nitrogen and oxygen atoms in total.